The lowest BCUT2D eigenvalue weighted by Crippen LogP contribution is -2.45. The third-order valence-corrected chi connectivity index (χ3v) is 7.74. The van der Waals surface area contributed by atoms with E-state index < -0.39 is 12.0 Å². The maximum absolute atomic E-state index is 13.3. The second-order valence-electron chi connectivity index (χ2n) is 9.88. The highest BCUT2D eigenvalue weighted by Gasteiger charge is 2.23. The highest BCUT2D eigenvalue weighted by molar-refractivity contribution is 7.98. The van der Waals surface area contributed by atoms with E-state index >= 15 is 0 Å². The molecule has 0 aromatic heterocycles. The quantitative estimate of drug-likeness (QED) is 0.366. The maximum Gasteiger partial charge on any atom is 0.326 e. The Kier molecular flexibility index (Phi) is 9.98. The first-order valence-corrected chi connectivity index (χ1v) is 14.5. The van der Waals surface area contributed by atoms with Gasteiger partial charge in [-0.3, -0.25) is 14.6 Å². The normalized spacial score (nSPS) is 15.2. The monoisotopic (exact) mass is 531 g/mol. The number of hydrogen-bond acceptors (Lipinski definition) is 5. The molecule has 3 aromatic carbocycles. The molecular formula is C31H37N3O3S. The molecule has 1 aliphatic heterocycles. The Morgan fingerprint density at radius 3 is 2.13 bits per heavy atom. The average molecular weight is 532 g/mol. The number of carbonyl (C=O) groups is 2. The van der Waals surface area contributed by atoms with Crippen LogP contribution < -0.4 is 5.32 Å². The Bertz CT molecular complexity index is 1230. The molecule has 0 bridgehead atoms. The molecule has 0 aliphatic carbocycles. The number of carboxylic acids is 1. The van der Waals surface area contributed by atoms with Crippen molar-refractivity contribution < 1.29 is 14.7 Å². The summed E-state index contributed by atoms with van der Waals surface area (Å²) in [5.74, 6) is -0.690. The molecule has 1 aliphatic rings. The van der Waals surface area contributed by atoms with E-state index in [1.165, 1.54) is 5.56 Å². The summed E-state index contributed by atoms with van der Waals surface area (Å²) in [6, 6.07) is 23.7. The van der Waals surface area contributed by atoms with E-state index in [9.17, 15) is 14.7 Å². The highest BCUT2D eigenvalue weighted by Crippen LogP contribution is 2.29. The predicted molar refractivity (Wildman–Crippen MR) is 155 cm³/mol. The van der Waals surface area contributed by atoms with Crippen molar-refractivity contribution in [3.63, 3.8) is 0 Å². The SMILES string of the molecule is CSCC[C@H](NC(=O)c1ccc(CN2CCN(Cc3ccccc3)CC2)cc1-c1ccccc1C)C(=O)O. The van der Waals surface area contributed by atoms with E-state index in [0.29, 0.717) is 17.7 Å². The van der Waals surface area contributed by atoms with E-state index in [1.807, 2.05) is 49.6 Å². The summed E-state index contributed by atoms with van der Waals surface area (Å²) in [5, 5.41) is 12.4. The Morgan fingerprint density at radius 1 is 0.868 bits per heavy atom. The van der Waals surface area contributed by atoms with Gasteiger partial charge in [0.05, 0.1) is 0 Å². The van der Waals surface area contributed by atoms with Crippen LogP contribution in [0.5, 0.6) is 0 Å². The zero-order valence-corrected chi connectivity index (χ0v) is 23.0. The van der Waals surface area contributed by atoms with Crippen molar-refractivity contribution in [3.05, 3.63) is 95.1 Å². The van der Waals surface area contributed by atoms with Crippen molar-refractivity contribution in [1.29, 1.82) is 0 Å². The second kappa shape index (κ2) is 13.6. The molecule has 7 heteroatoms. The molecule has 1 atom stereocenters. The minimum atomic E-state index is -1.01. The molecule has 3 aromatic rings. The first-order valence-electron chi connectivity index (χ1n) is 13.1. The number of piperazine rings is 1. The van der Waals surface area contributed by atoms with Crippen molar-refractivity contribution in [2.75, 3.05) is 38.2 Å². The van der Waals surface area contributed by atoms with E-state index in [2.05, 4.69) is 51.5 Å². The van der Waals surface area contributed by atoms with Crippen molar-refractivity contribution in [2.45, 2.75) is 32.5 Å². The van der Waals surface area contributed by atoms with Crippen LogP contribution in [0.3, 0.4) is 0 Å². The molecule has 0 saturated carbocycles. The number of carboxylic acid groups (broad SMARTS) is 1. The van der Waals surface area contributed by atoms with Crippen molar-refractivity contribution >= 4 is 23.6 Å². The van der Waals surface area contributed by atoms with Crippen molar-refractivity contribution in [3.8, 4) is 11.1 Å². The molecule has 38 heavy (non-hydrogen) atoms. The fourth-order valence-corrected chi connectivity index (χ4v) is 5.39. The number of nitrogens with one attached hydrogen (secondary N) is 1. The largest absolute Gasteiger partial charge is 0.480 e. The minimum Gasteiger partial charge on any atom is -0.480 e. The van der Waals surface area contributed by atoms with Crippen molar-refractivity contribution in [1.82, 2.24) is 15.1 Å². The standard InChI is InChI=1S/C31H37N3O3S/c1-23-8-6-7-11-26(23)28-20-25(12-13-27(28)30(35)32-29(31(36)37)14-19-38-2)22-34-17-15-33(16-18-34)21-24-9-4-3-5-10-24/h3-13,20,29H,14-19,21-22H2,1-2H3,(H,32,35)(H,36,37)/t29-/m0/s1. The molecule has 2 N–H and O–H groups in total. The van der Waals surface area contributed by atoms with Crippen LogP contribution in [0.2, 0.25) is 0 Å². The number of carbonyl (C=O) groups excluding carboxylic acids is 1. The lowest BCUT2D eigenvalue weighted by atomic mass is 9.93. The summed E-state index contributed by atoms with van der Waals surface area (Å²) in [6.45, 7) is 7.85. The van der Waals surface area contributed by atoms with Gasteiger partial charge in [-0.05, 0) is 65.3 Å². The summed E-state index contributed by atoms with van der Waals surface area (Å²) in [5.41, 5.74) is 5.90. The number of aliphatic carboxylic acids is 1. The Hall–Kier alpha value is -3.13. The number of thioether (sulfide) groups is 1. The third kappa shape index (κ3) is 7.47. The van der Waals surface area contributed by atoms with Gasteiger partial charge >= 0.3 is 5.97 Å². The Labute approximate surface area is 230 Å². The third-order valence-electron chi connectivity index (χ3n) is 7.10. The van der Waals surface area contributed by atoms with E-state index in [4.69, 9.17) is 0 Å². The second-order valence-corrected chi connectivity index (χ2v) is 10.9. The molecular weight excluding hydrogens is 494 g/mol. The van der Waals surface area contributed by atoms with Crippen molar-refractivity contribution in [2.24, 2.45) is 0 Å². The lowest BCUT2D eigenvalue weighted by Gasteiger charge is -2.34. The fourth-order valence-electron chi connectivity index (χ4n) is 4.92. The van der Waals surface area contributed by atoms with Crippen LogP contribution in [-0.4, -0.2) is 71.0 Å². The van der Waals surface area contributed by atoms with Gasteiger partial charge in [0.1, 0.15) is 6.04 Å². The van der Waals surface area contributed by atoms with Gasteiger partial charge < -0.3 is 10.4 Å². The first kappa shape index (κ1) is 27.9. The van der Waals surface area contributed by atoms with Crippen LogP contribution in [0, 0.1) is 6.92 Å². The van der Waals surface area contributed by atoms with Crippen LogP contribution >= 0.6 is 11.8 Å². The Balaban J connectivity index is 1.49. The molecule has 1 fully saturated rings. The molecule has 1 amide bonds. The molecule has 0 unspecified atom stereocenters. The molecule has 200 valence electrons. The number of aryl methyl sites for hydroxylation is 1. The minimum absolute atomic E-state index is 0.349. The highest BCUT2D eigenvalue weighted by atomic mass is 32.2. The number of amides is 1. The Morgan fingerprint density at radius 2 is 1.50 bits per heavy atom. The summed E-state index contributed by atoms with van der Waals surface area (Å²) in [7, 11) is 0. The summed E-state index contributed by atoms with van der Waals surface area (Å²) < 4.78 is 0. The smallest absolute Gasteiger partial charge is 0.326 e. The van der Waals surface area contributed by atoms with Crippen LogP contribution in [0.15, 0.2) is 72.8 Å². The zero-order chi connectivity index (χ0) is 26.9. The van der Waals surface area contributed by atoms with Crippen LogP contribution in [-0.2, 0) is 17.9 Å². The van der Waals surface area contributed by atoms with Crippen LogP contribution in [0.4, 0.5) is 0 Å². The lowest BCUT2D eigenvalue weighted by molar-refractivity contribution is -0.139. The molecule has 0 radical (unpaired) electrons. The van der Waals surface area contributed by atoms with Gasteiger partial charge in [-0.15, -0.1) is 0 Å². The van der Waals surface area contributed by atoms with Gasteiger partial charge in [-0.2, -0.15) is 11.8 Å². The molecule has 1 heterocycles. The fraction of sp³-hybridized carbons (Fsp3) is 0.355. The van der Waals surface area contributed by atoms with Gasteiger partial charge in [0.25, 0.3) is 5.91 Å². The molecule has 1 saturated heterocycles. The van der Waals surface area contributed by atoms with Crippen LogP contribution in [0.1, 0.15) is 33.5 Å². The number of benzene rings is 3. The van der Waals surface area contributed by atoms with Gasteiger partial charge in [0.15, 0.2) is 0 Å². The summed E-state index contributed by atoms with van der Waals surface area (Å²) in [6.07, 6.45) is 2.31. The first-order chi connectivity index (χ1) is 18.4. The van der Waals surface area contributed by atoms with Crippen LogP contribution in [0.25, 0.3) is 11.1 Å². The number of hydrogen-bond donors (Lipinski definition) is 2. The average Bonchev–Trinajstić information content (AvgIpc) is 2.92. The van der Waals surface area contributed by atoms with E-state index in [1.54, 1.807) is 11.8 Å². The van der Waals surface area contributed by atoms with Gasteiger partial charge in [-0.1, -0.05) is 60.7 Å². The number of rotatable bonds is 11. The number of nitrogens with zero attached hydrogens (tertiary/aromatic N) is 2. The van der Waals surface area contributed by atoms with E-state index in [0.717, 1.165) is 61.5 Å². The predicted octanol–water partition coefficient (Wildman–Crippen LogP) is 4.92. The summed E-state index contributed by atoms with van der Waals surface area (Å²) in [4.78, 5) is 30.0. The summed E-state index contributed by atoms with van der Waals surface area (Å²) >= 11 is 1.57. The van der Waals surface area contributed by atoms with Gasteiger partial charge in [0.2, 0.25) is 0 Å². The molecule has 0 spiro atoms. The zero-order valence-electron chi connectivity index (χ0n) is 22.2. The molecule has 4 rings (SSSR count). The topological polar surface area (TPSA) is 72.9 Å². The maximum atomic E-state index is 13.3. The van der Waals surface area contributed by atoms with E-state index in [-0.39, 0.29) is 5.91 Å². The van der Waals surface area contributed by atoms with Gasteiger partial charge in [0, 0.05) is 44.8 Å². The van der Waals surface area contributed by atoms with Gasteiger partial charge in [-0.25, -0.2) is 4.79 Å². The molecule has 6 nitrogen and oxygen atoms in total.